The Morgan fingerprint density at radius 3 is 2.42 bits per heavy atom. The molecule has 0 heterocycles. The molecule has 1 aromatic carbocycles. The van der Waals surface area contributed by atoms with E-state index in [1.807, 2.05) is 30.3 Å². The topological polar surface area (TPSA) is 134 Å². The highest BCUT2D eigenvalue weighted by Gasteiger charge is 2.14. The van der Waals surface area contributed by atoms with Crippen molar-refractivity contribution in [2.24, 2.45) is 0 Å². The van der Waals surface area contributed by atoms with Crippen molar-refractivity contribution >= 4 is 23.9 Å². The number of hydrogen-bond donors (Lipinski definition) is 4. The predicted octanol–water partition coefficient (Wildman–Crippen LogP) is 0.399. The molecule has 1 atom stereocenters. The fourth-order valence-electron chi connectivity index (χ4n) is 1.84. The lowest BCUT2D eigenvalue weighted by atomic mass is 10.2. The molecule has 3 amide bonds. The van der Waals surface area contributed by atoms with E-state index in [-0.39, 0.29) is 32.0 Å². The molecule has 0 saturated carbocycles. The van der Waals surface area contributed by atoms with E-state index in [2.05, 4.69) is 16.0 Å². The van der Waals surface area contributed by atoms with E-state index in [1.165, 1.54) is 6.92 Å². The summed E-state index contributed by atoms with van der Waals surface area (Å²) in [6, 6.07) is 8.21. The lowest BCUT2D eigenvalue weighted by Crippen LogP contribution is -2.44. The Labute approximate surface area is 151 Å². The summed E-state index contributed by atoms with van der Waals surface area (Å²) in [4.78, 5) is 45.1. The van der Waals surface area contributed by atoms with Gasteiger partial charge in [-0.05, 0) is 18.9 Å². The molecule has 0 spiro atoms. The minimum Gasteiger partial charge on any atom is -0.480 e. The van der Waals surface area contributed by atoms with Crippen LogP contribution in [0.15, 0.2) is 30.3 Å². The molecule has 4 N–H and O–H groups in total. The molecule has 0 saturated heterocycles. The first kappa shape index (κ1) is 20.9. The Morgan fingerprint density at radius 2 is 1.77 bits per heavy atom. The molecule has 0 aliphatic heterocycles. The molecule has 1 rings (SSSR count). The van der Waals surface area contributed by atoms with E-state index >= 15 is 0 Å². The largest absolute Gasteiger partial charge is 0.480 e. The number of amides is 3. The van der Waals surface area contributed by atoms with Crippen LogP contribution in [-0.4, -0.2) is 48.1 Å². The first-order valence-corrected chi connectivity index (χ1v) is 8.12. The van der Waals surface area contributed by atoms with Crippen LogP contribution in [0.25, 0.3) is 0 Å². The van der Waals surface area contributed by atoms with Crippen molar-refractivity contribution in [2.45, 2.75) is 32.4 Å². The molecule has 26 heavy (non-hydrogen) atoms. The van der Waals surface area contributed by atoms with Crippen LogP contribution >= 0.6 is 0 Å². The average molecular weight is 365 g/mol. The van der Waals surface area contributed by atoms with Gasteiger partial charge in [-0.25, -0.2) is 4.79 Å². The second-order valence-electron chi connectivity index (χ2n) is 5.50. The number of alkyl carbamates (subject to hydrolysis) is 1. The fraction of sp³-hybridized carbons (Fsp3) is 0.412. The van der Waals surface area contributed by atoms with E-state index in [1.54, 1.807) is 0 Å². The van der Waals surface area contributed by atoms with Gasteiger partial charge < -0.3 is 25.8 Å². The first-order valence-electron chi connectivity index (χ1n) is 8.12. The standard InChI is InChI=1S/C17H23N3O6/c1-12(16(23)24)20-15(22)10-19-14(21)8-5-9-18-17(25)26-11-13-6-3-2-4-7-13/h2-4,6-7,12H,5,8-11H2,1H3,(H,18,25)(H,19,21)(H,20,22)(H,23,24). The van der Waals surface area contributed by atoms with E-state index < -0.39 is 24.0 Å². The Kier molecular flexibility index (Phi) is 9.23. The minimum atomic E-state index is -1.16. The number of carbonyl (C=O) groups is 4. The van der Waals surface area contributed by atoms with Gasteiger partial charge in [-0.1, -0.05) is 30.3 Å². The maximum Gasteiger partial charge on any atom is 0.407 e. The van der Waals surface area contributed by atoms with Crippen molar-refractivity contribution in [3.8, 4) is 0 Å². The molecule has 9 nitrogen and oxygen atoms in total. The van der Waals surface area contributed by atoms with Crippen molar-refractivity contribution in [3.05, 3.63) is 35.9 Å². The van der Waals surface area contributed by atoms with E-state index in [9.17, 15) is 19.2 Å². The highest BCUT2D eigenvalue weighted by Crippen LogP contribution is 2.00. The van der Waals surface area contributed by atoms with Crippen molar-refractivity contribution in [1.82, 2.24) is 16.0 Å². The summed E-state index contributed by atoms with van der Waals surface area (Å²) in [5.74, 6) is -2.12. The molecule has 0 aliphatic rings. The zero-order valence-electron chi connectivity index (χ0n) is 14.5. The van der Waals surface area contributed by atoms with Gasteiger partial charge in [0.1, 0.15) is 12.6 Å². The van der Waals surface area contributed by atoms with Crippen LogP contribution in [0.5, 0.6) is 0 Å². The third-order valence-corrected chi connectivity index (χ3v) is 3.26. The minimum absolute atomic E-state index is 0.112. The molecule has 9 heteroatoms. The number of carbonyl (C=O) groups excluding carboxylic acids is 3. The highest BCUT2D eigenvalue weighted by atomic mass is 16.5. The van der Waals surface area contributed by atoms with Crippen LogP contribution in [0.1, 0.15) is 25.3 Å². The van der Waals surface area contributed by atoms with Gasteiger partial charge in [0, 0.05) is 13.0 Å². The quantitative estimate of drug-likeness (QED) is 0.444. The normalized spacial score (nSPS) is 11.1. The van der Waals surface area contributed by atoms with Crippen molar-refractivity contribution in [1.29, 1.82) is 0 Å². The Hall–Kier alpha value is -3.10. The Balaban J connectivity index is 2.07. The summed E-state index contributed by atoms with van der Waals surface area (Å²) in [5, 5.41) is 15.8. The average Bonchev–Trinajstić information content (AvgIpc) is 2.62. The van der Waals surface area contributed by atoms with Gasteiger partial charge >= 0.3 is 12.1 Å². The van der Waals surface area contributed by atoms with Crippen LogP contribution in [0, 0.1) is 0 Å². The summed E-state index contributed by atoms with van der Waals surface area (Å²) < 4.78 is 5.02. The SMILES string of the molecule is CC(NC(=O)CNC(=O)CCCNC(=O)OCc1ccccc1)C(=O)O. The molecule has 1 unspecified atom stereocenters. The van der Waals surface area contributed by atoms with Crippen LogP contribution in [0.3, 0.4) is 0 Å². The molecule has 142 valence electrons. The van der Waals surface area contributed by atoms with Gasteiger partial charge in [0.25, 0.3) is 0 Å². The molecule has 0 fully saturated rings. The number of nitrogens with one attached hydrogen (secondary N) is 3. The van der Waals surface area contributed by atoms with Crippen molar-refractivity contribution in [2.75, 3.05) is 13.1 Å². The van der Waals surface area contributed by atoms with Crippen LogP contribution in [0.2, 0.25) is 0 Å². The fourth-order valence-corrected chi connectivity index (χ4v) is 1.84. The molecule has 0 aromatic heterocycles. The number of carboxylic acids is 1. The summed E-state index contributed by atoms with van der Waals surface area (Å²) in [5.41, 5.74) is 0.873. The third kappa shape index (κ3) is 9.26. The summed E-state index contributed by atoms with van der Waals surface area (Å²) in [7, 11) is 0. The first-order chi connectivity index (χ1) is 12.4. The van der Waals surface area contributed by atoms with Crippen molar-refractivity contribution < 1.29 is 29.0 Å². The molecule has 0 radical (unpaired) electrons. The number of aliphatic carboxylic acids is 1. The van der Waals surface area contributed by atoms with Gasteiger partial charge in [0.2, 0.25) is 11.8 Å². The number of hydrogen-bond acceptors (Lipinski definition) is 5. The molecule has 0 aliphatic carbocycles. The summed E-state index contributed by atoms with van der Waals surface area (Å²) in [6.45, 7) is 1.44. The molecule has 0 bridgehead atoms. The molecular weight excluding hydrogens is 342 g/mol. The predicted molar refractivity (Wildman–Crippen MR) is 92.1 cm³/mol. The lowest BCUT2D eigenvalue weighted by molar-refractivity contribution is -0.141. The number of rotatable bonds is 10. The Morgan fingerprint density at radius 1 is 1.08 bits per heavy atom. The maximum atomic E-state index is 11.6. The second-order valence-corrected chi connectivity index (χ2v) is 5.50. The zero-order valence-corrected chi connectivity index (χ0v) is 14.5. The second kappa shape index (κ2) is 11.5. The van der Waals surface area contributed by atoms with Crippen LogP contribution in [-0.2, 0) is 25.7 Å². The van der Waals surface area contributed by atoms with E-state index in [4.69, 9.17) is 9.84 Å². The molecular formula is C17H23N3O6. The van der Waals surface area contributed by atoms with Crippen LogP contribution < -0.4 is 16.0 Å². The van der Waals surface area contributed by atoms with Gasteiger partial charge in [-0.3, -0.25) is 14.4 Å². The lowest BCUT2D eigenvalue weighted by Gasteiger charge is -2.10. The van der Waals surface area contributed by atoms with Crippen LogP contribution in [0.4, 0.5) is 4.79 Å². The van der Waals surface area contributed by atoms with Gasteiger partial charge in [0.15, 0.2) is 0 Å². The molecule has 1 aromatic rings. The third-order valence-electron chi connectivity index (χ3n) is 3.26. The summed E-state index contributed by atoms with van der Waals surface area (Å²) >= 11 is 0. The van der Waals surface area contributed by atoms with E-state index in [0.717, 1.165) is 5.56 Å². The smallest absolute Gasteiger partial charge is 0.407 e. The zero-order chi connectivity index (χ0) is 19.4. The van der Waals surface area contributed by atoms with E-state index in [0.29, 0.717) is 6.42 Å². The highest BCUT2D eigenvalue weighted by molar-refractivity contribution is 5.87. The van der Waals surface area contributed by atoms with Gasteiger partial charge in [-0.2, -0.15) is 0 Å². The monoisotopic (exact) mass is 365 g/mol. The number of benzene rings is 1. The number of carboxylic acid groups (broad SMARTS) is 1. The maximum absolute atomic E-state index is 11.6. The van der Waals surface area contributed by atoms with Gasteiger partial charge in [-0.15, -0.1) is 0 Å². The van der Waals surface area contributed by atoms with Gasteiger partial charge in [0.05, 0.1) is 6.54 Å². The Bertz CT molecular complexity index is 620. The summed E-state index contributed by atoms with van der Waals surface area (Å²) in [6.07, 6.45) is -0.0866. The number of ether oxygens (including phenoxy) is 1. The van der Waals surface area contributed by atoms with Crippen molar-refractivity contribution in [3.63, 3.8) is 0 Å².